The number of carbonyl (C=O) groups excluding carboxylic acids is 1. The lowest BCUT2D eigenvalue weighted by atomic mass is 9.75. The van der Waals surface area contributed by atoms with Crippen LogP contribution in [0.5, 0.6) is 0 Å². The summed E-state index contributed by atoms with van der Waals surface area (Å²) in [5.74, 6) is 0.421. The maximum Gasteiger partial charge on any atom is 0.224 e. The van der Waals surface area contributed by atoms with Gasteiger partial charge in [-0.2, -0.15) is 0 Å². The Morgan fingerprint density at radius 2 is 1.89 bits per heavy atom. The topological polar surface area (TPSA) is 55.1 Å². The molecule has 1 aliphatic rings. The minimum Gasteiger partial charge on any atom is -0.369 e. The van der Waals surface area contributed by atoms with Gasteiger partial charge in [-0.05, 0) is 45.1 Å². The van der Waals surface area contributed by atoms with E-state index in [1.165, 1.54) is 11.1 Å². The molecule has 0 spiro atoms. The molecule has 0 unspecified atom stereocenters. The highest BCUT2D eigenvalue weighted by Gasteiger charge is 2.32. The van der Waals surface area contributed by atoms with E-state index in [4.69, 9.17) is 5.73 Å². The predicted molar refractivity (Wildman–Crippen MR) is 77.9 cm³/mol. The van der Waals surface area contributed by atoms with Gasteiger partial charge in [0.25, 0.3) is 0 Å². The number of hydrogen-bond donors (Lipinski definition) is 2. The van der Waals surface area contributed by atoms with E-state index in [0.29, 0.717) is 18.5 Å². The summed E-state index contributed by atoms with van der Waals surface area (Å²) in [7, 11) is 0. The average molecular weight is 260 g/mol. The lowest BCUT2D eigenvalue weighted by molar-refractivity contribution is -0.125. The maximum atomic E-state index is 11.2. The van der Waals surface area contributed by atoms with Gasteiger partial charge in [-0.1, -0.05) is 29.8 Å². The molecule has 2 rings (SSSR count). The molecule has 0 atom stereocenters. The molecule has 1 aliphatic carbocycles. The average Bonchev–Trinajstić information content (AvgIpc) is 2.29. The SMILES string of the molecule is Cc1ccc(C2CC(NCC(C)(C)C(N)=O)C2)cc1. The van der Waals surface area contributed by atoms with Crippen molar-refractivity contribution in [1.82, 2.24) is 5.32 Å². The molecule has 3 N–H and O–H groups in total. The Bertz CT molecular complexity index is 444. The van der Waals surface area contributed by atoms with Gasteiger partial charge in [0.2, 0.25) is 5.91 Å². The van der Waals surface area contributed by atoms with Crippen LogP contribution in [0.1, 0.15) is 43.7 Å². The lowest BCUT2D eigenvalue weighted by Gasteiger charge is -2.38. The van der Waals surface area contributed by atoms with E-state index in [0.717, 1.165) is 12.8 Å². The molecule has 0 radical (unpaired) electrons. The standard InChI is InChI=1S/C16H24N2O/c1-11-4-6-12(7-5-11)13-8-14(9-13)18-10-16(2,3)15(17)19/h4-7,13-14,18H,8-10H2,1-3H3,(H2,17,19). The van der Waals surface area contributed by atoms with E-state index in [1.807, 2.05) is 13.8 Å². The summed E-state index contributed by atoms with van der Waals surface area (Å²) in [4.78, 5) is 11.2. The summed E-state index contributed by atoms with van der Waals surface area (Å²) in [5.41, 5.74) is 7.64. The fourth-order valence-corrected chi connectivity index (χ4v) is 2.38. The second-order valence-electron chi connectivity index (χ2n) is 6.40. The van der Waals surface area contributed by atoms with Gasteiger partial charge in [-0.25, -0.2) is 0 Å². The van der Waals surface area contributed by atoms with Crippen molar-refractivity contribution in [2.75, 3.05) is 6.54 Å². The molecule has 1 amide bonds. The van der Waals surface area contributed by atoms with Crippen molar-refractivity contribution >= 4 is 5.91 Å². The maximum absolute atomic E-state index is 11.2. The van der Waals surface area contributed by atoms with Crippen molar-refractivity contribution in [2.45, 2.75) is 45.6 Å². The summed E-state index contributed by atoms with van der Waals surface area (Å²) in [6, 6.07) is 9.32. The van der Waals surface area contributed by atoms with Gasteiger partial charge < -0.3 is 11.1 Å². The van der Waals surface area contributed by atoms with Crippen LogP contribution >= 0.6 is 0 Å². The van der Waals surface area contributed by atoms with Gasteiger partial charge in [0, 0.05) is 12.6 Å². The van der Waals surface area contributed by atoms with Crippen molar-refractivity contribution in [2.24, 2.45) is 11.1 Å². The van der Waals surface area contributed by atoms with Crippen LogP contribution in [0.4, 0.5) is 0 Å². The Hall–Kier alpha value is -1.35. The first-order valence-electron chi connectivity index (χ1n) is 6.98. The summed E-state index contributed by atoms with van der Waals surface area (Å²) >= 11 is 0. The van der Waals surface area contributed by atoms with Gasteiger partial charge in [-0.15, -0.1) is 0 Å². The third-order valence-corrected chi connectivity index (χ3v) is 4.19. The first-order valence-corrected chi connectivity index (χ1v) is 6.98. The molecule has 1 aromatic carbocycles. The van der Waals surface area contributed by atoms with Gasteiger partial charge >= 0.3 is 0 Å². The molecule has 0 aliphatic heterocycles. The second-order valence-corrected chi connectivity index (χ2v) is 6.40. The van der Waals surface area contributed by atoms with E-state index in [2.05, 4.69) is 36.5 Å². The van der Waals surface area contributed by atoms with Crippen LogP contribution < -0.4 is 11.1 Å². The molecule has 0 bridgehead atoms. The number of hydrogen-bond acceptors (Lipinski definition) is 2. The monoisotopic (exact) mass is 260 g/mol. The molecular weight excluding hydrogens is 236 g/mol. The smallest absolute Gasteiger partial charge is 0.224 e. The van der Waals surface area contributed by atoms with Crippen LogP contribution in [-0.2, 0) is 4.79 Å². The zero-order chi connectivity index (χ0) is 14.0. The third kappa shape index (κ3) is 3.35. The Balaban J connectivity index is 1.78. The molecule has 0 heterocycles. The van der Waals surface area contributed by atoms with Crippen molar-refractivity contribution in [1.29, 1.82) is 0 Å². The Labute approximate surface area is 115 Å². The second kappa shape index (κ2) is 5.33. The van der Waals surface area contributed by atoms with Crippen LogP contribution in [0.15, 0.2) is 24.3 Å². The predicted octanol–water partition coefficient (Wildman–Crippen LogP) is 2.34. The number of benzene rings is 1. The normalized spacial score (nSPS) is 22.9. The molecule has 1 saturated carbocycles. The number of amides is 1. The van der Waals surface area contributed by atoms with Crippen LogP contribution in [0.3, 0.4) is 0 Å². The molecule has 3 nitrogen and oxygen atoms in total. The van der Waals surface area contributed by atoms with E-state index < -0.39 is 5.41 Å². The number of rotatable bonds is 5. The minimum atomic E-state index is -0.463. The van der Waals surface area contributed by atoms with Crippen molar-refractivity contribution < 1.29 is 4.79 Å². The van der Waals surface area contributed by atoms with Crippen LogP contribution in [0.2, 0.25) is 0 Å². The molecule has 0 saturated heterocycles. The zero-order valence-corrected chi connectivity index (χ0v) is 12.1. The molecule has 1 aromatic rings. The molecule has 104 valence electrons. The Morgan fingerprint density at radius 1 is 1.32 bits per heavy atom. The van der Waals surface area contributed by atoms with Crippen LogP contribution in [0, 0.1) is 12.3 Å². The van der Waals surface area contributed by atoms with Crippen molar-refractivity contribution in [3.8, 4) is 0 Å². The Morgan fingerprint density at radius 3 is 2.42 bits per heavy atom. The molecular formula is C16H24N2O. The zero-order valence-electron chi connectivity index (χ0n) is 12.1. The van der Waals surface area contributed by atoms with E-state index in [-0.39, 0.29) is 5.91 Å². The van der Waals surface area contributed by atoms with Crippen molar-refractivity contribution in [3.05, 3.63) is 35.4 Å². The van der Waals surface area contributed by atoms with Crippen LogP contribution in [0.25, 0.3) is 0 Å². The van der Waals surface area contributed by atoms with Crippen LogP contribution in [-0.4, -0.2) is 18.5 Å². The molecule has 1 fully saturated rings. The van der Waals surface area contributed by atoms with Gasteiger partial charge in [-0.3, -0.25) is 4.79 Å². The largest absolute Gasteiger partial charge is 0.369 e. The minimum absolute atomic E-state index is 0.241. The van der Waals surface area contributed by atoms with E-state index in [1.54, 1.807) is 0 Å². The number of nitrogens with two attached hydrogens (primary N) is 1. The number of primary amides is 1. The molecule has 19 heavy (non-hydrogen) atoms. The van der Waals surface area contributed by atoms with E-state index >= 15 is 0 Å². The van der Waals surface area contributed by atoms with Gasteiger partial charge in [0.15, 0.2) is 0 Å². The fourth-order valence-electron chi connectivity index (χ4n) is 2.38. The molecule has 3 heteroatoms. The summed E-state index contributed by atoms with van der Waals surface area (Å²) in [6.07, 6.45) is 2.30. The fraction of sp³-hybridized carbons (Fsp3) is 0.562. The summed E-state index contributed by atoms with van der Waals surface area (Å²) in [5, 5.41) is 3.45. The van der Waals surface area contributed by atoms with E-state index in [9.17, 15) is 4.79 Å². The first-order chi connectivity index (χ1) is 8.88. The Kier molecular flexibility index (Phi) is 3.95. The summed E-state index contributed by atoms with van der Waals surface area (Å²) in [6.45, 7) is 6.55. The van der Waals surface area contributed by atoms with Gasteiger partial charge in [0.05, 0.1) is 5.41 Å². The highest BCUT2D eigenvalue weighted by atomic mass is 16.1. The lowest BCUT2D eigenvalue weighted by Crippen LogP contribution is -2.47. The number of nitrogens with one attached hydrogen (secondary N) is 1. The summed E-state index contributed by atoms with van der Waals surface area (Å²) < 4.78 is 0. The highest BCUT2D eigenvalue weighted by Crippen LogP contribution is 2.37. The third-order valence-electron chi connectivity index (χ3n) is 4.19. The quantitative estimate of drug-likeness (QED) is 0.854. The first kappa shape index (κ1) is 14.1. The number of aryl methyl sites for hydroxylation is 1. The highest BCUT2D eigenvalue weighted by molar-refractivity contribution is 5.80. The van der Waals surface area contributed by atoms with Gasteiger partial charge in [0.1, 0.15) is 0 Å². The molecule has 0 aromatic heterocycles. The van der Waals surface area contributed by atoms with Crippen molar-refractivity contribution in [3.63, 3.8) is 0 Å². The number of carbonyl (C=O) groups is 1.